The molecule has 3 rings (SSSR count). The minimum absolute atomic E-state index is 0.0810. The van der Waals surface area contributed by atoms with Crippen molar-refractivity contribution in [3.8, 4) is 0 Å². The van der Waals surface area contributed by atoms with Gasteiger partial charge in [-0.1, -0.05) is 58.4 Å². The van der Waals surface area contributed by atoms with Crippen LogP contribution < -0.4 is 5.32 Å². The van der Waals surface area contributed by atoms with Crippen LogP contribution in [0.5, 0.6) is 0 Å². The maximum atomic E-state index is 12.8. The van der Waals surface area contributed by atoms with E-state index in [1.165, 1.54) is 12.7 Å². The summed E-state index contributed by atoms with van der Waals surface area (Å²) >= 11 is 3.46. The van der Waals surface area contributed by atoms with E-state index in [1.54, 1.807) is 0 Å². The Hall–Kier alpha value is -2.18. The molecule has 0 saturated carbocycles. The number of nitrogens with one attached hydrogen (secondary N) is 1. The highest BCUT2D eigenvalue weighted by molar-refractivity contribution is 9.10. The summed E-state index contributed by atoms with van der Waals surface area (Å²) < 4.78 is 5.96. The van der Waals surface area contributed by atoms with Crippen molar-refractivity contribution in [2.75, 3.05) is 20.2 Å². The number of rotatable bonds is 6. The third-order valence-electron chi connectivity index (χ3n) is 5.13. The van der Waals surface area contributed by atoms with Crippen molar-refractivity contribution < 1.29 is 14.3 Å². The molecule has 0 radical (unpaired) electrons. The van der Waals surface area contributed by atoms with E-state index in [9.17, 15) is 9.59 Å². The molecule has 1 unspecified atom stereocenters. The molecule has 6 heteroatoms. The molecule has 1 atom stereocenters. The van der Waals surface area contributed by atoms with Gasteiger partial charge in [0.1, 0.15) is 0 Å². The van der Waals surface area contributed by atoms with Crippen molar-refractivity contribution in [2.45, 2.75) is 25.4 Å². The highest BCUT2D eigenvalue weighted by atomic mass is 79.9. The van der Waals surface area contributed by atoms with Gasteiger partial charge in [0.25, 0.3) is 0 Å². The summed E-state index contributed by atoms with van der Waals surface area (Å²) in [6.07, 6.45) is 1.57. The van der Waals surface area contributed by atoms with Crippen LogP contribution in [-0.2, 0) is 20.9 Å². The first kappa shape index (κ1) is 20.6. The number of likely N-dealkylation sites (tertiary alicyclic amines) is 1. The van der Waals surface area contributed by atoms with Crippen LogP contribution in [0.1, 0.15) is 30.0 Å². The van der Waals surface area contributed by atoms with Gasteiger partial charge in [-0.15, -0.1) is 0 Å². The molecule has 28 heavy (non-hydrogen) atoms. The van der Waals surface area contributed by atoms with E-state index < -0.39 is 12.0 Å². The van der Waals surface area contributed by atoms with Crippen molar-refractivity contribution in [3.63, 3.8) is 0 Å². The molecular formula is C22H25BrN2O3. The Bertz CT molecular complexity index is 787. The van der Waals surface area contributed by atoms with Crippen molar-refractivity contribution in [2.24, 2.45) is 5.92 Å². The van der Waals surface area contributed by atoms with Crippen LogP contribution in [0.4, 0.5) is 0 Å². The summed E-state index contributed by atoms with van der Waals surface area (Å²) in [4.78, 5) is 27.3. The molecule has 1 saturated heterocycles. The number of nitrogens with zero attached hydrogens (tertiary/aromatic N) is 1. The van der Waals surface area contributed by atoms with Gasteiger partial charge >= 0.3 is 5.97 Å². The summed E-state index contributed by atoms with van der Waals surface area (Å²) in [5.41, 5.74) is 2.00. The van der Waals surface area contributed by atoms with Gasteiger partial charge in [0.2, 0.25) is 5.91 Å². The molecule has 0 spiro atoms. The highest BCUT2D eigenvalue weighted by Gasteiger charge is 2.29. The Kier molecular flexibility index (Phi) is 7.23. The molecule has 0 aromatic heterocycles. The molecule has 1 aliphatic heterocycles. The van der Waals surface area contributed by atoms with Gasteiger partial charge in [0.05, 0.1) is 7.11 Å². The van der Waals surface area contributed by atoms with E-state index in [-0.39, 0.29) is 11.8 Å². The zero-order valence-electron chi connectivity index (χ0n) is 15.9. The van der Waals surface area contributed by atoms with E-state index in [1.807, 2.05) is 42.5 Å². The number of esters is 1. The number of halogens is 1. The van der Waals surface area contributed by atoms with Crippen molar-refractivity contribution in [1.82, 2.24) is 10.2 Å². The van der Waals surface area contributed by atoms with Crippen LogP contribution in [-0.4, -0.2) is 37.0 Å². The zero-order chi connectivity index (χ0) is 19.9. The molecule has 0 aliphatic carbocycles. The van der Waals surface area contributed by atoms with Gasteiger partial charge in [-0.05, 0) is 49.2 Å². The molecule has 148 valence electrons. The third kappa shape index (κ3) is 5.42. The Morgan fingerprint density at radius 2 is 1.75 bits per heavy atom. The summed E-state index contributed by atoms with van der Waals surface area (Å²) in [5.74, 6) is -0.619. The smallest absolute Gasteiger partial charge is 0.333 e. The van der Waals surface area contributed by atoms with Crippen LogP contribution in [0.25, 0.3) is 0 Å². The van der Waals surface area contributed by atoms with Crippen molar-refractivity contribution >= 4 is 27.8 Å². The second-order valence-electron chi connectivity index (χ2n) is 7.05. The first-order valence-electron chi connectivity index (χ1n) is 9.47. The largest absolute Gasteiger partial charge is 0.467 e. The maximum absolute atomic E-state index is 12.8. The zero-order valence-corrected chi connectivity index (χ0v) is 17.5. The number of ether oxygens (including phenoxy) is 1. The number of amides is 1. The predicted octanol–water partition coefficient (Wildman–Crippen LogP) is 3.69. The first-order chi connectivity index (χ1) is 13.6. The van der Waals surface area contributed by atoms with E-state index in [0.717, 1.165) is 42.5 Å². The molecule has 1 N–H and O–H groups in total. The molecule has 1 aliphatic rings. The Morgan fingerprint density at radius 1 is 1.11 bits per heavy atom. The van der Waals surface area contributed by atoms with E-state index in [0.29, 0.717) is 0 Å². The summed E-state index contributed by atoms with van der Waals surface area (Å²) in [5, 5.41) is 2.89. The van der Waals surface area contributed by atoms with Gasteiger partial charge in [0, 0.05) is 16.9 Å². The van der Waals surface area contributed by atoms with E-state index in [4.69, 9.17) is 4.74 Å². The van der Waals surface area contributed by atoms with Crippen LogP contribution in [0.3, 0.4) is 0 Å². The SMILES string of the molecule is COC(=O)C(NC(=O)C1CCN(Cc2ccc(Br)cc2)CC1)c1ccccc1. The Labute approximate surface area is 174 Å². The van der Waals surface area contributed by atoms with Gasteiger partial charge in [-0.2, -0.15) is 0 Å². The molecule has 0 bridgehead atoms. The van der Waals surface area contributed by atoms with Gasteiger partial charge in [0.15, 0.2) is 6.04 Å². The molecule has 2 aromatic carbocycles. The fourth-order valence-corrected chi connectivity index (χ4v) is 3.77. The third-order valence-corrected chi connectivity index (χ3v) is 5.66. The summed E-state index contributed by atoms with van der Waals surface area (Å²) in [6.45, 7) is 2.61. The topological polar surface area (TPSA) is 58.6 Å². The minimum atomic E-state index is -0.764. The second-order valence-corrected chi connectivity index (χ2v) is 7.97. The number of hydrogen-bond acceptors (Lipinski definition) is 4. The van der Waals surface area contributed by atoms with Gasteiger partial charge in [-0.25, -0.2) is 4.79 Å². The molecule has 1 heterocycles. The lowest BCUT2D eigenvalue weighted by atomic mass is 9.94. The Morgan fingerprint density at radius 3 is 2.36 bits per heavy atom. The maximum Gasteiger partial charge on any atom is 0.333 e. The minimum Gasteiger partial charge on any atom is -0.467 e. The number of carbonyl (C=O) groups is 2. The molecule has 1 fully saturated rings. The quantitative estimate of drug-likeness (QED) is 0.690. The summed E-state index contributed by atoms with van der Waals surface area (Å²) in [6, 6.07) is 16.8. The van der Waals surface area contributed by atoms with Crippen LogP contribution >= 0.6 is 15.9 Å². The molecular weight excluding hydrogens is 420 g/mol. The molecule has 5 nitrogen and oxygen atoms in total. The number of methoxy groups -OCH3 is 1. The van der Waals surface area contributed by atoms with E-state index in [2.05, 4.69) is 38.3 Å². The average Bonchev–Trinajstić information content (AvgIpc) is 2.74. The summed E-state index contributed by atoms with van der Waals surface area (Å²) in [7, 11) is 1.34. The fourth-order valence-electron chi connectivity index (χ4n) is 3.50. The van der Waals surface area contributed by atoms with Crippen LogP contribution in [0, 0.1) is 5.92 Å². The predicted molar refractivity (Wildman–Crippen MR) is 111 cm³/mol. The van der Waals surface area contributed by atoms with Gasteiger partial charge in [-0.3, -0.25) is 9.69 Å². The number of piperidine rings is 1. The number of benzene rings is 2. The number of carbonyl (C=O) groups excluding carboxylic acids is 2. The monoisotopic (exact) mass is 444 g/mol. The fraction of sp³-hybridized carbons (Fsp3) is 0.364. The number of hydrogen-bond donors (Lipinski definition) is 1. The normalized spacial score (nSPS) is 16.4. The van der Waals surface area contributed by atoms with Crippen molar-refractivity contribution in [1.29, 1.82) is 0 Å². The van der Waals surface area contributed by atoms with Gasteiger partial charge < -0.3 is 10.1 Å². The molecule has 2 aromatic rings. The highest BCUT2D eigenvalue weighted by Crippen LogP contribution is 2.22. The lowest BCUT2D eigenvalue weighted by Gasteiger charge is -2.32. The lowest BCUT2D eigenvalue weighted by molar-refractivity contribution is -0.146. The lowest BCUT2D eigenvalue weighted by Crippen LogP contribution is -2.43. The molecule has 1 amide bonds. The van der Waals surface area contributed by atoms with Crippen LogP contribution in [0.15, 0.2) is 59.1 Å². The second kappa shape index (κ2) is 9.85. The van der Waals surface area contributed by atoms with E-state index >= 15 is 0 Å². The van der Waals surface area contributed by atoms with Crippen molar-refractivity contribution in [3.05, 3.63) is 70.2 Å². The standard InChI is InChI=1S/C22H25BrN2O3/c1-28-22(27)20(17-5-3-2-4-6-17)24-21(26)18-11-13-25(14-12-18)15-16-7-9-19(23)10-8-16/h2-10,18,20H,11-15H2,1H3,(H,24,26). The first-order valence-corrected chi connectivity index (χ1v) is 10.3. The van der Waals surface area contributed by atoms with Crippen LogP contribution in [0.2, 0.25) is 0 Å². The average molecular weight is 445 g/mol. The Balaban J connectivity index is 1.55.